The number of ether oxygens (including phenoxy) is 2. The maximum Gasteiger partial charge on any atom is 0.259 e. The molecule has 2 aromatic heterocycles. The number of carbonyl (C=O) groups excluding carboxylic acids is 4. The molecule has 0 saturated carbocycles. The fraction of sp³-hybridized carbons (Fsp3) is 0.216. The van der Waals surface area contributed by atoms with Crippen LogP contribution in [0.25, 0.3) is 0 Å². The fourth-order valence-corrected chi connectivity index (χ4v) is 7.88. The molecule has 0 unspecified atom stereocenters. The number of methoxy groups -OCH3 is 2. The van der Waals surface area contributed by atoms with E-state index in [0.29, 0.717) is 56.0 Å². The van der Waals surface area contributed by atoms with E-state index in [1.807, 2.05) is 4.90 Å². The standard InChI is InChI=1S/C26H26ClN5O3.C25H24ClN5O3/c1-35-21-7-5-6-20(26(34)30-22-13-12-19(27)16-29-22)23(21)31-25(33)18-10-8-17(9-11-18)24(28)32-14-3-2-4-15-32;1-34-20-6-4-5-19(25(33)29-21-12-11-18(26)15-28-21)22(20)30-24(32)17-9-7-16(8-10-17)23(27)31-13-2-3-14-31/h5-13,16,28H,2-4,14-15H2,1H3,(H,31,33)(H,29,30,34);4-12,15,27H,2-3,13-14H2,1H3,(H,30,32)(H,28,29,33). The second-order valence-corrected chi connectivity index (χ2v) is 16.8. The third-order valence-corrected chi connectivity index (χ3v) is 11.8. The predicted molar refractivity (Wildman–Crippen MR) is 269 cm³/mol. The van der Waals surface area contributed by atoms with Crippen molar-refractivity contribution in [3.05, 3.63) is 165 Å². The number of aromatic nitrogens is 2. The molecule has 0 atom stereocenters. The van der Waals surface area contributed by atoms with Crippen molar-refractivity contribution in [1.29, 1.82) is 10.8 Å². The number of benzene rings is 4. The maximum absolute atomic E-state index is 13.0. The van der Waals surface area contributed by atoms with Crippen LogP contribution in [0.15, 0.2) is 122 Å². The minimum absolute atomic E-state index is 0.219. The van der Waals surface area contributed by atoms with Crippen molar-refractivity contribution in [3.63, 3.8) is 0 Å². The van der Waals surface area contributed by atoms with Gasteiger partial charge in [-0.1, -0.05) is 59.6 Å². The highest BCUT2D eigenvalue weighted by molar-refractivity contribution is 6.30. The van der Waals surface area contributed by atoms with Crippen LogP contribution >= 0.6 is 23.2 Å². The number of likely N-dealkylation sites (tertiary alicyclic amines) is 2. The van der Waals surface area contributed by atoms with Crippen LogP contribution in [0.2, 0.25) is 10.0 Å². The summed E-state index contributed by atoms with van der Waals surface area (Å²) in [5.41, 5.74) is 3.25. The molecule has 0 bridgehead atoms. The summed E-state index contributed by atoms with van der Waals surface area (Å²) in [6.45, 7) is 3.52. The van der Waals surface area contributed by atoms with Gasteiger partial charge in [-0.3, -0.25) is 30.0 Å². The SMILES string of the molecule is COc1cccc(C(=O)Nc2ccc(Cl)cn2)c1NC(=O)c1ccc(C(=N)N2CCCC2)cc1.COc1cccc(C(=O)Nc2ccc(Cl)cn2)c1NC(=O)c1ccc(C(=N)N2CCCCC2)cc1. The van der Waals surface area contributed by atoms with Gasteiger partial charge in [0.1, 0.15) is 34.8 Å². The average Bonchev–Trinajstić information content (AvgIpc) is 3.93. The van der Waals surface area contributed by atoms with Gasteiger partial charge in [-0.15, -0.1) is 0 Å². The molecule has 6 N–H and O–H groups in total. The number of pyridine rings is 2. The van der Waals surface area contributed by atoms with Gasteiger partial charge in [-0.05, 0) is 105 Å². The van der Waals surface area contributed by atoms with Gasteiger partial charge in [-0.2, -0.15) is 0 Å². The summed E-state index contributed by atoms with van der Waals surface area (Å²) in [6, 6.07) is 30.0. The van der Waals surface area contributed by atoms with Crippen LogP contribution in [0.5, 0.6) is 11.5 Å². The normalized spacial score (nSPS) is 13.0. The summed E-state index contributed by atoms with van der Waals surface area (Å²) in [5, 5.41) is 28.7. The molecule has 4 amide bonds. The van der Waals surface area contributed by atoms with E-state index in [1.54, 1.807) is 109 Å². The number of anilines is 4. The zero-order chi connectivity index (χ0) is 48.9. The first kappa shape index (κ1) is 49.1. The van der Waals surface area contributed by atoms with Crippen molar-refractivity contribution in [2.45, 2.75) is 32.1 Å². The number of piperidine rings is 1. The van der Waals surface area contributed by atoms with E-state index < -0.39 is 23.6 Å². The van der Waals surface area contributed by atoms with Crippen LogP contribution in [-0.4, -0.2) is 95.5 Å². The van der Waals surface area contributed by atoms with Crippen LogP contribution in [0.3, 0.4) is 0 Å². The lowest BCUT2D eigenvalue weighted by atomic mass is 10.1. The molecule has 8 rings (SSSR count). The molecular formula is C51H50Cl2N10O6. The second-order valence-electron chi connectivity index (χ2n) is 15.9. The summed E-state index contributed by atoms with van der Waals surface area (Å²) in [7, 11) is 2.93. The van der Waals surface area contributed by atoms with Crippen LogP contribution in [0.4, 0.5) is 23.0 Å². The van der Waals surface area contributed by atoms with Crippen molar-refractivity contribution in [2.24, 2.45) is 0 Å². The van der Waals surface area contributed by atoms with Gasteiger partial charge in [0.25, 0.3) is 23.6 Å². The molecule has 4 heterocycles. The highest BCUT2D eigenvalue weighted by atomic mass is 35.5. The topological polar surface area (TPSA) is 215 Å². The number of nitrogens with zero attached hydrogens (tertiary/aromatic N) is 4. The zero-order valence-corrected chi connectivity index (χ0v) is 39.4. The Morgan fingerprint density at radius 2 is 0.841 bits per heavy atom. The van der Waals surface area contributed by atoms with E-state index in [-0.39, 0.29) is 22.5 Å². The van der Waals surface area contributed by atoms with Gasteiger partial charge < -0.3 is 40.5 Å². The van der Waals surface area contributed by atoms with Gasteiger partial charge in [0.2, 0.25) is 0 Å². The Morgan fingerprint density at radius 1 is 0.478 bits per heavy atom. The van der Waals surface area contributed by atoms with Gasteiger partial charge in [0.15, 0.2) is 0 Å². The van der Waals surface area contributed by atoms with Crippen LogP contribution in [-0.2, 0) is 0 Å². The number of hydrogen-bond donors (Lipinski definition) is 6. The molecule has 2 aliphatic heterocycles. The van der Waals surface area contributed by atoms with E-state index in [9.17, 15) is 19.2 Å². The molecule has 2 saturated heterocycles. The van der Waals surface area contributed by atoms with Crippen molar-refractivity contribution in [3.8, 4) is 11.5 Å². The first-order valence-electron chi connectivity index (χ1n) is 22.1. The van der Waals surface area contributed by atoms with Crippen LogP contribution in [0, 0.1) is 10.8 Å². The Bertz CT molecular complexity index is 2820. The lowest BCUT2D eigenvalue weighted by Gasteiger charge is -2.29. The molecule has 69 heavy (non-hydrogen) atoms. The number of amidine groups is 2. The Labute approximate surface area is 409 Å². The van der Waals surface area contributed by atoms with Gasteiger partial charge in [0.05, 0.1) is 46.8 Å². The molecule has 6 aromatic rings. The Kier molecular flexibility index (Phi) is 16.6. The summed E-state index contributed by atoms with van der Waals surface area (Å²) < 4.78 is 10.8. The lowest BCUT2D eigenvalue weighted by molar-refractivity contribution is 0.101. The molecule has 2 fully saturated rings. The Hall–Kier alpha value is -7.82. The molecule has 16 nitrogen and oxygen atoms in total. The van der Waals surface area contributed by atoms with E-state index in [2.05, 4.69) is 36.1 Å². The lowest BCUT2D eigenvalue weighted by Crippen LogP contribution is -2.35. The molecule has 2 aliphatic rings. The molecule has 18 heteroatoms. The minimum Gasteiger partial charge on any atom is -0.495 e. The molecular weight excluding hydrogens is 920 g/mol. The van der Waals surface area contributed by atoms with Gasteiger partial charge in [0, 0.05) is 60.8 Å². The molecule has 4 aromatic carbocycles. The van der Waals surface area contributed by atoms with E-state index in [4.69, 9.17) is 43.5 Å². The number of para-hydroxylation sites is 2. The van der Waals surface area contributed by atoms with Crippen LogP contribution < -0.4 is 30.7 Å². The van der Waals surface area contributed by atoms with Gasteiger partial charge in [-0.25, -0.2) is 9.97 Å². The number of halogens is 2. The molecule has 0 radical (unpaired) electrons. The summed E-state index contributed by atoms with van der Waals surface area (Å²) in [5.74, 6) is 0.553. The third-order valence-electron chi connectivity index (χ3n) is 11.3. The maximum atomic E-state index is 13.0. The van der Waals surface area contributed by atoms with Crippen molar-refractivity contribution >= 4 is 81.5 Å². The first-order valence-corrected chi connectivity index (χ1v) is 22.9. The van der Waals surface area contributed by atoms with Crippen LogP contribution in [0.1, 0.15) is 84.7 Å². The van der Waals surface area contributed by atoms with Crippen molar-refractivity contribution in [1.82, 2.24) is 19.8 Å². The Morgan fingerprint density at radius 3 is 1.19 bits per heavy atom. The highest BCUT2D eigenvalue weighted by Gasteiger charge is 2.23. The summed E-state index contributed by atoms with van der Waals surface area (Å²) in [6.07, 6.45) is 8.41. The number of rotatable bonds is 12. The fourth-order valence-electron chi connectivity index (χ4n) is 7.66. The highest BCUT2D eigenvalue weighted by Crippen LogP contribution is 2.31. The molecule has 0 aliphatic carbocycles. The van der Waals surface area contributed by atoms with Gasteiger partial charge >= 0.3 is 0 Å². The summed E-state index contributed by atoms with van der Waals surface area (Å²) >= 11 is 11.7. The Balaban J connectivity index is 0.000000204. The number of nitrogens with one attached hydrogen (secondary N) is 6. The quantitative estimate of drug-likeness (QED) is 0.0504. The smallest absolute Gasteiger partial charge is 0.259 e. The largest absolute Gasteiger partial charge is 0.495 e. The average molecular weight is 970 g/mol. The third kappa shape index (κ3) is 12.6. The predicted octanol–water partition coefficient (Wildman–Crippen LogP) is 9.73. The van der Waals surface area contributed by atoms with E-state index >= 15 is 0 Å². The summed E-state index contributed by atoms with van der Waals surface area (Å²) in [4.78, 5) is 64.2. The van der Waals surface area contributed by atoms with Crippen molar-refractivity contribution < 1.29 is 28.7 Å². The zero-order valence-electron chi connectivity index (χ0n) is 37.9. The number of amides is 4. The number of carbonyl (C=O) groups is 4. The van der Waals surface area contributed by atoms with E-state index in [1.165, 1.54) is 33.0 Å². The number of hydrogen-bond acceptors (Lipinski definition) is 10. The van der Waals surface area contributed by atoms with Crippen molar-refractivity contribution in [2.75, 3.05) is 61.7 Å². The first-order chi connectivity index (χ1) is 33.4. The minimum atomic E-state index is -0.460. The molecule has 0 spiro atoms. The molecule has 354 valence electrons. The second kappa shape index (κ2) is 23.3. The monoisotopic (exact) mass is 968 g/mol. The van der Waals surface area contributed by atoms with E-state index in [0.717, 1.165) is 63.0 Å².